The second kappa shape index (κ2) is 7.83. The first kappa shape index (κ1) is 16.3. The lowest BCUT2D eigenvalue weighted by Gasteiger charge is -2.26. The summed E-state index contributed by atoms with van der Waals surface area (Å²) in [4.78, 5) is 14.0. The molecule has 0 bridgehead atoms. The summed E-state index contributed by atoms with van der Waals surface area (Å²) in [6, 6.07) is 10.0. The summed E-state index contributed by atoms with van der Waals surface area (Å²) in [7, 11) is 0. The van der Waals surface area contributed by atoms with Crippen molar-refractivity contribution in [2.24, 2.45) is 0 Å². The molecule has 0 unspecified atom stereocenters. The number of hydrogen-bond acceptors (Lipinski definition) is 5. The van der Waals surface area contributed by atoms with Crippen LogP contribution < -0.4 is 5.32 Å². The molecule has 0 radical (unpaired) electrons. The maximum absolute atomic E-state index is 13.5. The SMILES string of the molecule is O=C(c1ccc(NCCc2ccccc2F)nn1)N1CCOCC1. The van der Waals surface area contributed by atoms with Crippen molar-refractivity contribution in [2.45, 2.75) is 6.42 Å². The molecule has 1 aromatic heterocycles. The van der Waals surface area contributed by atoms with E-state index in [2.05, 4.69) is 15.5 Å². The van der Waals surface area contributed by atoms with Gasteiger partial charge in [0.25, 0.3) is 5.91 Å². The summed E-state index contributed by atoms with van der Waals surface area (Å²) in [6.07, 6.45) is 0.544. The standard InChI is InChI=1S/C17H19FN4O2/c18-14-4-2-1-3-13(14)7-8-19-16-6-5-15(20-21-16)17(23)22-9-11-24-12-10-22/h1-6H,7-12H2,(H,19,21). The minimum absolute atomic E-state index is 0.135. The quantitative estimate of drug-likeness (QED) is 0.904. The molecule has 0 aliphatic carbocycles. The number of halogens is 1. The number of hydrogen-bond donors (Lipinski definition) is 1. The lowest BCUT2D eigenvalue weighted by Crippen LogP contribution is -2.41. The van der Waals surface area contributed by atoms with Crippen LogP contribution in [0.15, 0.2) is 36.4 Å². The number of nitrogens with one attached hydrogen (secondary N) is 1. The molecule has 1 saturated heterocycles. The zero-order chi connectivity index (χ0) is 16.8. The van der Waals surface area contributed by atoms with E-state index in [-0.39, 0.29) is 11.7 Å². The Balaban J connectivity index is 1.53. The van der Waals surface area contributed by atoms with E-state index in [4.69, 9.17) is 4.74 Å². The lowest BCUT2D eigenvalue weighted by molar-refractivity contribution is 0.0298. The molecule has 24 heavy (non-hydrogen) atoms. The van der Waals surface area contributed by atoms with Crippen molar-refractivity contribution in [3.05, 3.63) is 53.5 Å². The lowest BCUT2D eigenvalue weighted by atomic mass is 10.1. The van der Waals surface area contributed by atoms with E-state index in [0.717, 1.165) is 0 Å². The van der Waals surface area contributed by atoms with Gasteiger partial charge in [-0.2, -0.15) is 0 Å². The van der Waals surface area contributed by atoms with Gasteiger partial charge in [-0.05, 0) is 30.2 Å². The number of ether oxygens (including phenoxy) is 1. The highest BCUT2D eigenvalue weighted by molar-refractivity contribution is 5.92. The van der Waals surface area contributed by atoms with Gasteiger partial charge in [0, 0.05) is 19.6 Å². The van der Waals surface area contributed by atoms with E-state index in [0.29, 0.717) is 56.3 Å². The van der Waals surface area contributed by atoms with Crippen molar-refractivity contribution in [3.63, 3.8) is 0 Å². The molecule has 2 aromatic rings. The molecular formula is C17H19FN4O2. The van der Waals surface area contributed by atoms with Crippen molar-refractivity contribution in [1.29, 1.82) is 0 Å². The Morgan fingerprint density at radius 2 is 1.96 bits per heavy atom. The van der Waals surface area contributed by atoms with Gasteiger partial charge in [-0.1, -0.05) is 18.2 Å². The Kier molecular flexibility index (Phi) is 5.32. The number of carbonyl (C=O) groups excluding carboxylic acids is 1. The van der Waals surface area contributed by atoms with Crippen molar-refractivity contribution >= 4 is 11.7 Å². The number of amides is 1. The largest absolute Gasteiger partial charge is 0.378 e. The summed E-state index contributed by atoms with van der Waals surface area (Å²) in [5, 5.41) is 11.1. The van der Waals surface area contributed by atoms with Crippen LogP contribution in [0.4, 0.5) is 10.2 Å². The van der Waals surface area contributed by atoms with Crippen LogP contribution >= 0.6 is 0 Å². The van der Waals surface area contributed by atoms with E-state index in [1.807, 2.05) is 6.07 Å². The Labute approximate surface area is 139 Å². The number of aromatic nitrogens is 2. The van der Waals surface area contributed by atoms with Crippen LogP contribution in [0.1, 0.15) is 16.1 Å². The zero-order valence-electron chi connectivity index (χ0n) is 13.2. The minimum atomic E-state index is -0.211. The van der Waals surface area contributed by atoms with Gasteiger partial charge in [-0.25, -0.2) is 4.39 Å². The van der Waals surface area contributed by atoms with E-state index in [1.165, 1.54) is 6.07 Å². The van der Waals surface area contributed by atoms with Gasteiger partial charge in [0.2, 0.25) is 0 Å². The predicted octanol–water partition coefficient (Wildman–Crippen LogP) is 1.74. The van der Waals surface area contributed by atoms with Gasteiger partial charge in [-0.15, -0.1) is 10.2 Å². The monoisotopic (exact) mass is 330 g/mol. The topological polar surface area (TPSA) is 67.4 Å². The van der Waals surface area contributed by atoms with E-state index < -0.39 is 0 Å². The second-order valence-corrected chi connectivity index (χ2v) is 5.48. The first-order valence-electron chi connectivity index (χ1n) is 7.92. The minimum Gasteiger partial charge on any atom is -0.378 e. The number of rotatable bonds is 5. The normalized spacial score (nSPS) is 14.5. The van der Waals surface area contributed by atoms with Gasteiger partial charge in [0.1, 0.15) is 11.6 Å². The fourth-order valence-corrected chi connectivity index (χ4v) is 2.50. The molecular weight excluding hydrogens is 311 g/mol. The van der Waals surface area contributed by atoms with Gasteiger partial charge in [0.05, 0.1) is 13.2 Å². The number of benzene rings is 1. The second-order valence-electron chi connectivity index (χ2n) is 5.48. The Bertz CT molecular complexity index is 687. The fourth-order valence-electron chi connectivity index (χ4n) is 2.50. The Morgan fingerprint density at radius 3 is 2.67 bits per heavy atom. The molecule has 1 amide bonds. The van der Waals surface area contributed by atoms with Crippen molar-refractivity contribution in [1.82, 2.24) is 15.1 Å². The molecule has 1 aromatic carbocycles. The molecule has 1 aliphatic rings. The molecule has 2 heterocycles. The molecule has 0 atom stereocenters. The maximum atomic E-state index is 13.5. The van der Waals surface area contributed by atoms with Crippen LogP contribution in [0, 0.1) is 5.82 Å². The first-order valence-corrected chi connectivity index (χ1v) is 7.92. The third-order valence-electron chi connectivity index (χ3n) is 3.84. The summed E-state index contributed by atoms with van der Waals surface area (Å²) in [5.41, 5.74) is 0.966. The van der Waals surface area contributed by atoms with Gasteiger partial charge in [0.15, 0.2) is 5.69 Å². The van der Waals surface area contributed by atoms with Crippen LogP contribution in [-0.4, -0.2) is 53.9 Å². The van der Waals surface area contributed by atoms with Crippen LogP contribution in [0.3, 0.4) is 0 Å². The van der Waals surface area contributed by atoms with Crippen LogP contribution in [0.25, 0.3) is 0 Å². The highest BCUT2D eigenvalue weighted by Crippen LogP contribution is 2.09. The third kappa shape index (κ3) is 4.05. The molecule has 1 N–H and O–H groups in total. The van der Waals surface area contributed by atoms with E-state index >= 15 is 0 Å². The van der Waals surface area contributed by atoms with Crippen molar-refractivity contribution < 1.29 is 13.9 Å². The average Bonchev–Trinajstić information content (AvgIpc) is 2.64. The number of anilines is 1. The molecule has 6 nitrogen and oxygen atoms in total. The van der Waals surface area contributed by atoms with Crippen LogP contribution in [-0.2, 0) is 11.2 Å². The van der Waals surface area contributed by atoms with Crippen molar-refractivity contribution in [2.75, 3.05) is 38.2 Å². The highest BCUT2D eigenvalue weighted by Gasteiger charge is 2.19. The third-order valence-corrected chi connectivity index (χ3v) is 3.84. The molecule has 1 aliphatic heterocycles. The predicted molar refractivity (Wildman–Crippen MR) is 87.3 cm³/mol. The average molecular weight is 330 g/mol. The summed E-state index contributed by atoms with van der Waals surface area (Å²) >= 11 is 0. The summed E-state index contributed by atoms with van der Waals surface area (Å²) in [5.74, 6) is 0.213. The summed E-state index contributed by atoms with van der Waals surface area (Å²) < 4.78 is 18.8. The van der Waals surface area contributed by atoms with Gasteiger partial charge < -0.3 is 15.0 Å². The number of carbonyl (C=O) groups is 1. The molecule has 1 fully saturated rings. The molecule has 0 spiro atoms. The molecule has 0 saturated carbocycles. The highest BCUT2D eigenvalue weighted by atomic mass is 19.1. The van der Waals surface area contributed by atoms with Crippen molar-refractivity contribution in [3.8, 4) is 0 Å². The number of morpholine rings is 1. The Hall–Kier alpha value is -2.54. The Morgan fingerprint density at radius 1 is 1.17 bits per heavy atom. The molecule has 7 heteroatoms. The zero-order valence-corrected chi connectivity index (χ0v) is 13.2. The smallest absolute Gasteiger partial charge is 0.274 e. The maximum Gasteiger partial charge on any atom is 0.274 e. The van der Waals surface area contributed by atoms with E-state index in [1.54, 1.807) is 29.2 Å². The van der Waals surface area contributed by atoms with Gasteiger partial charge in [-0.3, -0.25) is 4.79 Å². The first-order chi connectivity index (χ1) is 11.7. The summed E-state index contributed by atoms with van der Waals surface area (Å²) in [6.45, 7) is 2.78. The van der Waals surface area contributed by atoms with E-state index in [9.17, 15) is 9.18 Å². The molecule has 3 rings (SSSR count). The van der Waals surface area contributed by atoms with Crippen LogP contribution in [0.2, 0.25) is 0 Å². The molecule has 126 valence electrons. The fraction of sp³-hybridized carbons (Fsp3) is 0.353. The van der Waals surface area contributed by atoms with Crippen LogP contribution in [0.5, 0.6) is 0 Å². The van der Waals surface area contributed by atoms with Gasteiger partial charge >= 0.3 is 0 Å². The number of nitrogens with zero attached hydrogens (tertiary/aromatic N) is 3.